The number of nitrogens with one attached hydrogen (secondary N) is 1. The fourth-order valence-electron chi connectivity index (χ4n) is 4.32. The molecule has 4 rings (SSSR count). The van der Waals surface area contributed by atoms with Gasteiger partial charge in [-0.15, -0.1) is 5.10 Å². The third-order valence-corrected chi connectivity index (χ3v) is 6.22. The van der Waals surface area contributed by atoms with Crippen LogP contribution in [0, 0.1) is 5.41 Å². The molecule has 0 radical (unpaired) electrons. The SMILES string of the molecule is CCC1(C(=O)N2CCC[C@H](NC(=O)c3ccnc4c3nnn4C)C2)CCC1. The maximum atomic E-state index is 13.0. The molecule has 0 aromatic carbocycles. The third kappa shape index (κ3) is 3.07. The first kappa shape index (κ1) is 17.9. The third-order valence-electron chi connectivity index (χ3n) is 6.22. The summed E-state index contributed by atoms with van der Waals surface area (Å²) in [5, 5.41) is 11.1. The van der Waals surface area contributed by atoms with Crippen molar-refractivity contribution in [3.05, 3.63) is 17.8 Å². The van der Waals surface area contributed by atoms with E-state index in [0.29, 0.717) is 23.3 Å². The number of hydrogen-bond acceptors (Lipinski definition) is 5. The highest BCUT2D eigenvalue weighted by Gasteiger charge is 2.45. The van der Waals surface area contributed by atoms with E-state index in [-0.39, 0.29) is 23.3 Å². The van der Waals surface area contributed by atoms with Crippen LogP contribution in [0.3, 0.4) is 0 Å². The van der Waals surface area contributed by atoms with E-state index in [1.165, 1.54) is 0 Å². The topological polar surface area (TPSA) is 93.0 Å². The Morgan fingerprint density at radius 1 is 1.33 bits per heavy atom. The number of carbonyl (C=O) groups excluding carboxylic acids is 2. The molecule has 8 nitrogen and oxygen atoms in total. The van der Waals surface area contributed by atoms with Gasteiger partial charge in [-0.25, -0.2) is 9.67 Å². The molecule has 144 valence electrons. The molecule has 1 saturated heterocycles. The molecular weight excluding hydrogens is 344 g/mol. The number of nitrogens with zero attached hydrogens (tertiary/aromatic N) is 5. The number of amides is 2. The number of hydrogen-bond donors (Lipinski definition) is 1. The summed E-state index contributed by atoms with van der Waals surface area (Å²) in [7, 11) is 1.75. The van der Waals surface area contributed by atoms with E-state index in [1.54, 1.807) is 24.0 Å². The lowest BCUT2D eigenvalue weighted by Crippen LogP contribution is -2.55. The molecule has 2 aromatic heterocycles. The first-order valence-corrected chi connectivity index (χ1v) is 9.79. The molecular formula is C19H26N6O2. The first-order chi connectivity index (χ1) is 13.0. The molecule has 1 aliphatic heterocycles. The Kier molecular flexibility index (Phi) is 4.57. The predicted octanol–water partition coefficient (Wildman–Crippen LogP) is 1.66. The van der Waals surface area contributed by atoms with Crippen molar-refractivity contribution < 1.29 is 9.59 Å². The van der Waals surface area contributed by atoms with Crippen LogP contribution in [0.1, 0.15) is 55.8 Å². The van der Waals surface area contributed by atoms with Gasteiger partial charge in [-0.3, -0.25) is 9.59 Å². The molecule has 1 aliphatic carbocycles. The molecule has 8 heteroatoms. The van der Waals surface area contributed by atoms with Crippen LogP contribution in [0.25, 0.3) is 11.2 Å². The van der Waals surface area contributed by atoms with Gasteiger partial charge in [0, 0.05) is 37.8 Å². The highest BCUT2D eigenvalue weighted by molar-refractivity contribution is 6.03. The van der Waals surface area contributed by atoms with Crippen molar-refractivity contribution in [2.75, 3.05) is 13.1 Å². The van der Waals surface area contributed by atoms with Gasteiger partial charge in [-0.05, 0) is 38.2 Å². The Balaban J connectivity index is 1.46. The molecule has 0 bridgehead atoms. The van der Waals surface area contributed by atoms with Crippen molar-refractivity contribution in [2.24, 2.45) is 12.5 Å². The highest BCUT2D eigenvalue weighted by atomic mass is 16.2. The number of likely N-dealkylation sites (tertiary alicyclic amines) is 1. The van der Waals surface area contributed by atoms with Crippen LogP contribution < -0.4 is 5.32 Å². The second-order valence-corrected chi connectivity index (χ2v) is 7.79. The van der Waals surface area contributed by atoms with E-state index in [1.807, 2.05) is 4.90 Å². The maximum absolute atomic E-state index is 13.0. The number of carbonyl (C=O) groups is 2. The van der Waals surface area contributed by atoms with Gasteiger partial charge in [0.05, 0.1) is 5.56 Å². The fourth-order valence-corrected chi connectivity index (χ4v) is 4.32. The Morgan fingerprint density at radius 3 is 2.85 bits per heavy atom. The Labute approximate surface area is 158 Å². The van der Waals surface area contributed by atoms with Gasteiger partial charge in [-0.2, -0.15) is 0 Å². The molecule has 2 aromatic rings. The summed E-state index contributed by atoms with van der Waals surface area (Å²) < 4.78 is 1.55. The van der Waals surface area contributed by atoms with E-state index < -0.39 is 0 Å². The van der Waals surface area contributed by atoms with Crippen LogP contribution in [0.5, 0.6) is 0 Å². The van der Waals surface area contributed by atoms with Crippen molar-refractivity contribution in [3.63, 3.8) is 0 Å². The maximum Gasteiger partial charge on any atom is 0.254 e. The molecule has 0 unspecified atom stereocenters. The van der Waals surface area contributed by atoms with Gasteiger partial charge in [0.2, 0.25) is 5.91 Å². The average molecular weight is 370 g/mol. The second-order valence-electron chi connectivity index (χ2n) is 7.79. The fraction of sp³-hybridized carbons (Fsp3) is 0.632. The lowest BCUT2D eigenvalue weighted by atomic mass is 9.66. The molecule has 0 spiro atoms. The summed E-state index contributed by atoms with van der Waals surface area (Å²) in [6.45, 7) is 3.48. The zero-order valence-electron chi connectivity index (χ0n) is 15.9. The number of fused-ring (bicyclic) bond motifs is 1. The molecule has 1 N–H and O–H groups in total. The predicted molar refractivity (Wildman–Crippen MR) is 99.9 cm³/mol. The Morgan fingerprint density at radius 2 is 2.15 bits per heavy atom. The Hall–Kier alpha value is -2.51. The van der Waals surface area contributed by atoms with Gasteiger partial charge < -0.3 is 10.2 Å². The molecule has 1 saturated carbocycles. The van der Waals surface area contributed by atoms with Gasteiger partial charge in [0.15, 0.2) is 5.65 Å². The van der Waals surface area contributed by atoms with Crippen molar-refractivity contribution in [3.8, 4) is 0 Å². The number of pyridine rings is 1. The van der Waals surface area contributed by atoms with E-state index in [9.17, 15) is 9.59 Å². The number of piperidine rings is 1. The van der Waals surface area contributed by atoms with Crippen molar-refractivity contribution >= 4 is 23.0 Å². The van der Waals surface area contributed by atoms with Crippen LogP contribution in [0.4, 0.5) is 0 Å². The molecule has 2 fully saturated rings. The number of aromatic nitrogens is 4. The van der Waals surface area contributed by atoms with Crippen molar-refractivity contribution in [1.82, 2.24) is 30.2 Å². The summed E-state index contributed by atoms with van der Waals surface area (Å²) in [5.41, 5.74) is 1.40. The minimum absolute atomic E-state index is 0.0379. The van der Waals surface area contributed by atoms with E-state index in [4.69, 9.17) is 0 Å². The van der Waals surface area contributed by atoms with Crippen LogP contribution in [-0.2, 0) is 11.8 Å². The van der Waals surface area contributed by atoms with Crippen LogP contribution >= 0.6 is 0 Å². The summed E-state index contributed by atoms with van der Waals surface area (Å²) >= 11 is 0. The van der Waals surface area contributed by atoms with Crippen molar-refractivity contribution in [2.45, 2.75) is 51.5 Å². The largest absolute Gasteiger partial charge is 0.347 e. The minimum Gasteiger partial charge on any atom is -0.347 e. The zero-order chi connectivity index (χ0) is 19.0. The van der Waals surface area contributed by atoms with Gasteiger partial charge in [-0.1, -0.05) is 18.6 Å². The summed E-state index contributed by atoms with van der Waals surface area (Å²) in [5.74, 6) is 0.0893. The lowest BCUT2D eigenvalue weighted by molar-refractivity contribution is -0.149. The van der Waals surface area contributed by atoms with Gasteiger partial charge in [0.25, 0.3) is 5.91 Å². The van der Waals surface area contributed by atoms with E-state index in [0.717, 1.165) is 45.1 Å². The molecule has 27 heavy (non-hydrogen) atoms. The lowest BCUT2D eigenvalue weighted by Gasteiger charge is -2.45. The highest BCUT2D eigenvalue weighted by Crippen LogP contribution is 2.45. The average Bonchev–Trinajstić information content (AvgIpc) is 3.02. The van der Waals surface area contributed by atoms with E-state index >= 15 is 0 Å². The van der Waals surface area contributed by atoms with Crippen LogP contribution in [0.15, 0.2) is 12.3 Å². The second kappa shape index (κ2) is 6.90. The monoisotopic (exact) mass is 370 g/mol. The van der Waals surface area contributed by atoms with Gasteiger partial charge >= 0.3 is 0 Å². The molecule has 2 aliphatic rings. The first-order valence-electron chi connectivity index (χ1n) is 9.79. The smallest absolute Gasteiger partial charge is 0.254 e. The number of aryl methyl sites for hydroxylation is 1. The molecule has 3 heterocycles. The minimum atomic E-state index is -0.184. The summed E-state index contributed by atoms with van der Waals surface area (Å²) in [6.07, 6.45) is 7.43. The zero-order valence-corrected chi connectivity index (χ0v) is 15.9. The molecule has 1 atom stereocenters. The standard InChI is InChI=1S/C19H26N6O2/c1-3-19(8-5-9-19)18(27)25-11-4-6-13(12-25)21-17(26)14-7-10-20-16-15(14)22-23-24(16)2/h7,10,13H,3-6,8-9,11-12H2,1-2H3,(H,21,26)/t13-/m0/s1. The van der Waals surface area contributed by atoms with Gasteiger partial charge in [0.1, 0.15) is 5.52 Å². The van der Waals surface area contributed by atoms with E-state index in [2.05, 4.69) is 27.5 Å². The summed E-state index contributed by atoms with van der Waals surface area (Å²) in [4.78, 5) is 32.0. The summed E-state index contributed by atoms with van der Waals surface area (Å²) in [6, 6.07) is 1.63. The quantitative estimate of drug-likeness (QED) is 0.884. The van der Waals surface area contributed by atoms with Crippen LogP contribution in [0.2, 0.25) is 0 Å². The van der Waals surface area contributed by atoms with Crippen LogP contribution in [-0.4, -0.2) is 55.8 Å². The Bertz CT molecular complexity index is 867. The molecule has 2 amide bonds. The normalized spacial score (nSPS) is 21.7. The number of rotatable bonds is 4. The van der Waals surface area contributed by atoms with Crippen molar-refractivity contribution in [1.29, 1.82) is 0 Å².